The van der Waals surface area contributed by atoms with E-state index in [1.807, 2.05) is 0 Å². The van der Waals surface area contributed by atoms with Crippen LogP contribution in [0.4, 0.5) is 0 Å². The average Bonchev–Trinajstić information content (AvgIpc) is 2.29. The Morgan fingerprint density at radius 2 is 1.41 bits per heavy atom. The molecule has 0 heterocycles. The van der Waals surface area contributed by atoms with Gasteiger partial charge in [0, 0.05) is 19.6 Å². The Hall–Kier alpha value is 0.0500. The van der Waals surface area contributed by atoms with E-state index in [4.69, 9.17) is 11.6 Å². The van der Waals surface area contributed by atoms with Gasteiger partial charge in [-0.25, -0.2) is 0 Å². The fraction of sp³-hybridized carbons (Fsp3) is 0.923. The van der Waals surface area contributed by atoms with Crippen LogP contribution in [0.15, 0.2) is 4.99 Å². The number of rotatable bonds is 9. The average molecular weight is 283 g/mol. The summed E-state index contributed by atoms with van der Waals surface area (Å²) in [5.41, 5.74) is 0. The van der Waals surface area contributed by atoms with Crippen LogP contribution in [0.1, 0.15) is 59.3 Å². The Morgan fingerprint density at radius 1 is 0.941 bits per heavy atom. The quantitative estimate of drug-likeness (QED) is 0.259. The molecule has 0 saturated carbocycles. The molecule has 0 radical (unpaired) electrons. The number of halogens is 2. The summed E-state index contributed by atoms with van der Waals surface area (Å²) in [6, 6.07) is 0. The molecule has 0 spiro atoms. The van der Waals surface area contributed by atoms with Crippen LogP contribution in [-0.2, 0) is 0 Å². The van der Waals surface area contributed by atoms with Crippen molar-refractivity contribution in [2.75, 3.05) is 19.6 Å². The van der Waals surface area contributed by atoms with Crippen LogP contribution in [0.5, 0.6) is 0 Å². The lowest BCUT2D eigenvalue weighted by Crippen LogP contribution is -2.29. The van der Waals surface area contributed by atoms with E-state index in [-0.39, 0.29) is 12.4 Å². The van der Waals surface area contributed by atoms with Gasteiger partial charge in [-0.1, -0.05) is 40.0 Å². The number of aliphatic imine (C=N–C) groups is 1. The molecular weight excluding hydrogens is 255 g/mol. The molecule has 0 N–H and O–H groups in total. The Balaban J connectivity index is 0. The molecule has 0 bridgehead atoms. The van der Waals surface area contributed by atoms with E-state index in [0.29, 0.717) is 0 Å². The van der Waals surface area contributed by atoms with Crippen molar-refractivity contribution in [1.82, 2.24) is 4.90 Å². The Labute approximate surface area is 118 Å². The van der Waals surface area contributed by atoms with E-state index >= 15 is 0 Å². The second-order valence-electron chi connectivity index (χ2n) is 4.20. The minimum absolute atomic E-state index is 0. The van der Waals surface area contributed by atoms with Crippen molar-refractivity contribution < 1.29 is 0 Å². The second kappa shape index (κ2) is 14.1. The van der Waals surface area contributed by atoms with Gasteiger partial charge in [-0.3, -0.25) is 4.99 Å². The van der Waals surface area contributed by atoms with Gasteiger partial charge in [-0.2, -0.15) is 0 Å². The summed E-state index contributed by atoms with van der Waals surface area (Å²) in [5.74, 6) is 0. The third-order valence-electron chi connectivity index (χ3n) is 2.58. The van der Waals surface area contributed by atoms with Crippen molar-refractivity contribution in [3.8, 4) is 0 Å². The molecule has 0 rings (SSSR count). The van der Waals surface area contributed by atoms with Gasteiger partial charge in [0.2, 0.25) is 0 Å². The van der Waals surface area contributed by atoms with Crippen molar-refractivity contribution in [2.24, 2.45) is 4.99 Å². The maximum atomic E-state index is 6.23. The maximum absolute atomic E-state index is 6.23. The lowest BCUT2D eigenvalue weighted by molar-refractivity contribution is 0.403. The highest BCUT2D eigenvalue weighted by Crippen LogP contribution is 2.04. The molecule has 0 aliphatic heterocycles. The lowest BCUT2D eigenvalue weighted by Gasteiger charge is -2.22. The first-order valence-corrected chi connectivity index (χ1v) is 7.08. The molecule has 0 aromatic heterocycles. The fourth-order valence-corrected chi connectivity index (χ4v) is 1.68. The maximum Gasteiger partial charge on any atom is 0.193 e. The molecule has 4 heteroatoms. The van der Waals surface area contributed by atoms with E-state index in [1.165, 1.54) is 32.1 Å². The van der Waals surface area contributed by atoms with Crippen LogP contribution in [0.3, 0.4) is 0 Å². The topological polar surface area (TPSA) is 15.6 Å². The molecule has 104 valence electrons. The van der Waals surface area contributed by atoms with Gasteiger partial charge < -0.3 is 4.90 Å². The van der Waals surface area contributed by atoms with Crippen molar-refractivity contribution in [3.05, 3.63) is 0 Å². The smallest absolute Gasteiger partial charge is 0.193 e. The third kappa shape index (κ3) is 10.9. The summed E-state index contributed by atoms with van der Waals surface area (Å²) in [4.78, 5) is 6.65. The van der Waals surface area contributed by atoms with E-state index in [0.717, 1.165) is 31.3 Å². The Kier molecular flexibility index (Phi) is 16.1. The van der Waals surface area contributed by atoms with Crippen LogP contribution in [0.25, 0.3) is 0 Å². The van der Waals surface area contributed by atoms with Crippen molar-refractivity contribution in [2.45, 2.75) is 59.3 Å². The summed E-state index contributed by atoms with van der Waals surface area (Å²) < 4.78 is 0. The summed E-state index contributed by atoms with van der Waals surface area (Å²) in [5, 5.41) is 0.718. The first-order chi connectivity index (χ1) is 7.76. The number of hydrogen-bond acceptors (Lipinski definition) is 1. The van der Waals surface area contributed by atoms with Crippen LogP contribution in [0.2, 0.25) is 0 Å². The van der Waals surface area contributed by atoms with E-state index in [9.17, 15) is 0 Å². The predicted molar refractivity (Wildman–Crippen MR) is 81.7 cm³/mol. The van der Waals surface area contributed by atoms with E-state index in [2.05, 4.69) is 30.7 Å². The molecule has 0 aromatic rings. The van der Waals surface area contributed by atoms with Crippen molar-refractivity contribution in [1.29, 1.82) is 0 Å². The van der Waals surface area contributed by atoms with Gasteiger partial charge in [0.1, 0.15) is 0 Å². The van der Waals surface area contributed by atoms with Gasteiger partial charge in [0.25, 0.3) is 0 Å². The summed E-state index contributed by atoms with van der Waals surface area (Å²) in [6.45, 7) is 9.55. The second-order valence-corrected chi connectivity index (χ2v) is 4.54. The zero-order chi connectivity index (χ0) is 12.2. The van der Waals surface area contributed by atoms with E-state index < -0.39 is 0 Å². The summed E-state index contributed by atoms with van der Waals surface area (Å²) in [7, 11) is 0. The van der Waals surface area contributed by atoms with Gasteiger partial charge in [-0.15, -0.1) is 12.4 Å². The Morgan fingerprint density at radius 3 is 1.82 bits per heavy atom. The van der Waals surface area contributed by atoms with Crippen LogP contribution in [-0.4, -0.2) is 29.8 Å². The standard InChI is InChI=1S/C13H27ClN2.ClH/c1-4-7-10-15-13(14)16(11-8-5-2)12-9-6-3;/h4-12H2,1-3H3;1H/b15-13+;. The molecule has 0 saturated heterocycles. The summed E-state index contributed by atoms with van der Waals surface area (Å²) >= 11 is 6.23. The van der Waals surface area contributed by atoms with Gasteiger partial charge in [0.05, 0.1) is 0 Å². The van der Waals surface area contributed by atoms with Gasteiger partial charge in [0.15, 0.2) is 5.29 Å². The van der Waals surface area contributed by atoms with Crippen LogP contribution >= 0.6 is 24.0 Å². The van der Waals surface area contributed by atoms with Crippen LogP contribution < -0.4 is 0 Å². The summed E-state index contributed by atoms with van der Waals surface area (Å²) in [6.07, 6.45) is 7.12. The monoisotopic (exact) mass is 282 g/mol. The molecule has 0 aromatic carbocycles. The number of nitrogens with zero attached hydrogens (tertiary/aromatic N) is 2. The van der Waals surface area contributed by atoms with Gasteiger partial charge >= 0.3 is 0 Å². The highest BCUT2D eigenvalue weighted by atomic mass is 35.5. The number of amidine groups is 1. The Bertz CT molecular complexity index is 176. The molecule has 0 fully saturated rings. The molecule has 0 aliphatic carbocycles. The predicted octanol–water partition coefficient (Wildman–Crippen LogP) is 4.71. The number of unbranched alkanes of at least 4 members (excludes halogenated alkanes) is 3. The normalized spacial score (nSPS) is 11.2. The van der Waals surface area contributed by atoms with E-state index in [1.54, 1.807) is 0 Å². The molecule has 17 heavy (non-hydrogen) atoms. The minimum Gasteiger partial charge on any atom is -0.347 e. The highest BCUT2D eigenvalue weighted by Gasteiger charge is 2.06. The first kappa shape index (κ1) is 19.4. The number of hydrogen-bond donors (Lipinski definition) is 0. The highest BCUT2D eigenvalue weighted by molar-refractivity contribution is 6.64. The molecule has 0 unspecified atom stereocenters. The minimum atomic E-state index is 0. The van der Waals surface area contributed by atoms with Crippen molar-refractivity contribution in [3.63, 3.8) is 0 Å². The van der Waals surface area contributed by atoms with Crippen molar-refractivity contribution >= 4 is 29.3 Å². The zero-order valence-electron chi connectivity index (χ0n) is 11.5. The molecule has 0 amide bonds. The SMILES string of the molecule is CCCC/N=C(\Cl)N(CCCC)CCCC.Cl. The molecule has 0 atom stereocenters. The molecular formula is C13H28Cl2N2. The molecule has 0 aliphatic rings. The third-order valence-corrected chi connectivity index (χ3v) is 2.94. The molecule has 2 nitrogen and oxygen atoms in total. The first-order valence-electron chi connectivity index (χ1n) is 6.71. The van der Waals surface area contributed by atoms with Gasteiger partial charge in [-0.05, 0) is 30.9 Å². The lowest BCUT2D eigenvalue weighted by atomic mass is 10.3. The van der Waals surface area contributed by atoms with Crippen LogP contribution in [0, 0.1) is 0 Å². The largest absolute Gasteiger partial charge is 0.347 e. The zero-order valence-corrected chi connectivity index (χ0v) is 13.1. The fourth-order valence-electron chi connectivity index (χ4n) is 1.42.